The second-order valence-electron chi connectivity index (χ2n) is 5.23. The summed E-state index contributed by atoms with van der Waals surface area (Å²) >= 11 is 10.9. The first-order chi connectivity index (χ1) is 7.14. The van der Waals surface area contributed by atoms with Crippen molar-refractivity contribution in [3.63, 3.8) is 0 Å². The first kappa shape index (κ1) is 17.3. The SMILES string of the molecule is CCCCCC(CP(C)(C)=S)OP(C)(C)=S. The molecule has 0 N–H and O–H groups in total. The van der Waals surface area contributed by atoms with Gasteiger partial charge in [-0.2, -0.15) is 0 Å². The van der Waals surface area contributed by atoms with Gasteiger partial charge in [0.05, 0.1) is 12.4 Å². The Morgan fingerprint density at radius 1 is 1.06 bits per heavy atom. The lowest BCUT2D eigenvalue weighted by molar-refractivity contribution is 0.236. The Labute approximate surface area is 112 Å². The molecule has 0 radical (unpaired) electrons. The van der Waals surface area contributed by atoms with Crippen LogP contribution in [0.2, 0.25) is 0 Å². The smallest absolute Gasteiger partial charge is 0.0673 e. The van der Waals surface area contributed by atoms with Crippen LogP contribution in [0.1, 0.15) is 32.6 Å². The lowest BCUT2D eigenvalue weighted by Gasteiger charge is -2.25. The third-order valence-corrected chi connectivity index (χ3v) is 4.97. The van der Waals surface area contributed by atoms with Crippen molar-refractivity contribution in [2.45, 2.75) is 38.7 Å². The second kappa shape index (κ2) is 7.64. The summed E-state index contributed by atoms with van der Waals surface area (Å²) in [6, 6.07) is -1.18. The van der Waals surface area contributed by atoms with E-state index in [1.165, 1.54) is 19.3 Å². The lowest BCUT2D eigenvalue weighted by Crippen LogP contribution is -2.16. The van der Waals surface area contributed by atoms with Crippen LogP contribution in [-0.2, 0) is 28.1 Å². The maximum atomic E-state index is 6.05. The van der Waals surface area contributed by atoms with Gasteiger partial charge in [0.1, 0.15) is 0 Å². The normalized spacial score (nSPS) is 15.1. The Balaban J connectivity index is 4.28. The van der Waals surface area contributed by atoms with Gasteiger partial charge >= 0.3 is 0 Å². The fourth-order valence-corrected chi connectivity index (χ4v) is 4.77. The summed E-state index contributed by atoms with van der Waals surface area (Å²) in [5.41, 5.74) is 0. The van der Waals surface area contributed by atoms with Crippen LogP contribution in [0.4, 0.5) is 0 Å². The van der Waals surface area contributed by atoms with Gasteiger partial charge in [0, 0.05) is 6.16 Å². The number of unbranched alkanes of at least 4 members (excludes halogenated alkanes) is 2. The Kier molecular flexibility index (Phi) is 8.24. The number of hydrogen-bond acceptors (Lipinski definition) is 3. The molecule has 1 atom stereocenters. The molecule has 0 rings (SSSR count). The van der Waals surface area contributed by atoms with E-state index >= 15 is 0 Å². The van der Waals surface area contributed by atoms with Gasteiger partial charge in [0.25, 0.3) is 0 Å². The summed E-state index contributed by atoms with van der Waals surface area (Å²) in [5.74, 6) is 0. The summed E-state index contributed by atoms with van der Waals surface area (Å²) in [6.07, 6.45) is 4.72. The second-order valence-corrected chi connectivity index (χ2v) is 17.1. The molecule has 0 aliphatic carbocycles. The van der Waals surface area contributed by atoms with Gasteiger partial charge in [0.2, 0.25) is 0 Å². The first-order valence-electron chi connectivity index (χ1n) is 5.91. The van der Waals surface area contributed by atoms with E-state index in [0.29, 0.717) is 6.10 Å². The van der Waals surface area contributed by atoms with Crippen molar-refractivity contribution in [2.75, 3.05) is 32.8 Å². The summed E-state index contributed by atoms with van der Waals surface area (Å²) in [4.78, 5) is 0. The van der Waals surface area contributed by atoms with Gasteiger partial charge in [-0.15, -0.1) is 0 Å². The molecule has 0 spiro atoms. The Morgan fingerprint density at radius 3 is 2.00 bits per heavy atom. The summed E-state index contributed by atoms with van der Waals surface area (Å²) in [6.45, 7) is 10.7. The zero-order valence-electron chi connectivity index (χ0n) is 11.2. The highest BCUT2D eigenvalue weighted by molar-refractivity contribution is 8.14. The van der Waals surface area contributed by atoms with E-state index in [0.717, 1.165) is 12.6 Å². The van der Waals surface area contributed by atoms with Crippen molar-refractivity contribution in [3.8, 4) is 0 Å². The Hall–Kier alpha value is 1.26. The highest BCUT2D eigenvalue weighted by Crippen LogP contribution is 2.45. The van der Waals surface area contributed by atoms with Crippen molar-refractivity contribution >= 4 is 35.9 Å². The van der Waals surface area contributed by atoms with Crippen LogP contribution >= 0.6 is 12.3 Å². The van der Waals surface area contributed by atoms with Crippen LogP contribution in [0, 0.1) is 0 Å². The third-order valence-electron chi connectivity index (χ3n) is 2.18. The molecule has 0 saturated carbocycles. The molecule has 0 aliphatic rings. The van der Waals surface area contributed by atoms with E-state index in [1.54, 1.807) is 0 Å². The van der Waals surface area contributed by atoms with Gasteiger partial charge in [-0.3, -0.25) is 0 Å². The molecular weight excluding hydrogens is 274 g/mol. The molecule has 0 fully saturated rings. The highest BCUT2D eigenvalue weighted by atomic mass is 32.4. The zero-order chi connectivity index (χ0) is 12.8. The van der Waals surface area contributed by atoms with E-state index < -0.39 is 12.3 Å². The van der Waals surface area contributed by atoms with Gasteiger partial charge in [0.15, 0.2) is 0 Å². The van der Waals surface area contributed by atoms with E-state index in [9.17, 15) is 0 Å². The molecule has 0 saturated heterocycles. The molecule has 1 nitrogen and oxygen atoms in total. The molecule has 5 heteroatoms. The van der Waals surface area contributed by atoms with Crippen LogP contribution in [0.15, 0.2) is 0 Å². The Bertz CT molecular complexity index is 256. The fourth-order valence-electron chi connectivity index (χ4n) is 1.65. The molecule has 0 aromatic heterocycles. The van der Waals surface area contributed by atoms with Gasteiger partial charge in [-0.05, 0) is 39.1 Å². The van der Waals surface area contributed by atoms with Crippen LogP contribution in [0.5, 0.6) is 0 Å². The van der Waals surface area contributed by atoms with Crippen LogP contribution < -0.4 is 0 Å². The van der Waals surface area contributed by atoms with Crippen molar-refractivity contribution in [2.24, 2.45) is 0 Å². The molecule has 0 amide bonds. The van der Waals surface area contributed by atoms with Gasteiger partial charge < -0.3 is 4.52 Å². The largest absolute Gasteiger partial charge is 0.348 e. The molecule has 98 valence electrons. The predicted molar refractivity (Wildman–Crippen MR) is 86.1 cm³/mol. The predicted octanol–water partition coefficient (Wildman–Crippen LogP) is 4.35. The van der Waals surface area contributed by atoms with Crippen molar-refractivity contribution < 1.29 is 4.52 Å². The highest BCUT2D eigenvalue weighted by Gasteiger charge is 2.18. The number of hydrogen-bond donors (Lipinski definition) is 0. The first-order valence-corrected chi connectivity index (χ1v) is 13.4. The molecule has 0 bridgehead atoms. The van der Waals surface area contributed by atoms with E-state index in [-0.39, 0.29) is 0 Å². The summed E-state index contributed by atoms with van der Waals surface area (Å²) < 4.78 is 6.05. The van der Waals surface area contributed by atoms with Crippen molar-refractivity contribution in [3.05, 3.63) is 0 Å². The Morgan fingerprint density at radius 2 is 1.62 bits per heavy atom. The van der Waals surface area contributed by atoms with E-state index in [2.05, 4.69) is 33.6 Å². The zero-order valence-corrected chi connectivity index (χ0v) is 14.7. The van der Waals surface area contributed by atoms with Gasteiger partial charge in [-0.25, -0.2) is 0 Å². The average molecular weight is 300 g/mol. The molecule has 1 unspecified atom stereocenters. The lowest BCUT2D eigenvalue weighted by atomic mass is 10.1. The molecule has 0 aromatic carbocycles. The van der Waals surface area contributed by atoms with Crippen LogP contribution in [0.25, 0.3) is 0 Å². The van der Waals surface area contributed by atoms with Crippen LogP contribution in [0.3, 0.4) is 0 Å². The molecular formula is C11H26OP2S2. The standard InChI is InChI=1S/C11H26OP2S2/c1-6-7-8-9-11(10-13(2,3)15)12-14(4,5)16/h11H,6-10H2,1-5H3. The van der Waals surface area contributed by atoms with Gasteiger partial charge in [-0.1, -0.05) is 49.8 Å². The quantitative estimate of drug-likeness (QED) is 0.487. The van der Waals surface area contributed by atoms with Crippen molar-refractivity contribution in [1.29, 1.82) is 0 Å². The minimum absolute atomic E-state index is 0.313. The topological polar surface area (TPSA) is 9.23 Å². The number of rotatable bonds is 8. The maximum Gasteiger partial charge on any atom is 0.0673 e. The maximum absolute atomic E-state index is 6.05. The third kappa shape index (κ3) is 11.7. The fraction of sp³-hybridized carbons (Fsp3) is 1.00. The molecule has 0 aliphatic heterocycles. The molecule has 0 heterocycles. The van der Waals surface area contributed by atoms with Crippen molar-refractivity contribution in [1.82, 2.24) is 0 Å². The van der Waals surface area contributed by atoms with E-state index in [1.807, 2.05) is 0 Å². The monoisotopic (exact) mass is 300 g/mol. The minimum Gasteiger partial charge on any atom is -0.348 e. The van der Waals surface area contributed by atoms with Crippen LogP contribution in [-0.4, -0.2) is 38.9 Å². The summed E-state index contributed by atoms with van der Waals surface area (Å²) in [5, 5.41) is 0. The van der Waals surface area contributed by atoms with E-state index in [4.69, 9.17) is 28.1 Å². The molecule has 0 aromatic rings. The summed E-state index contributed by atoms with van der Waals surface area (Å²) in [7, 11) is 0. The minimum atomic E-state index is -1.55. The molecule has 16 heavy (non-hydrogen) atoms. The average Bonchev–Trinajstić information content (AvgIpc) is 1.97.